The van der Waals surface area contributed by atoms with Crippen LogP contribution in [-0.2, 0) is 0 Å². The number of ether oxygens (including phenoxy) is 2. The number of aromatic nitrogens is 1. The molecule has 0 atom stereocenters. The maximum absolute atomic E-state index is 14.0. The summed E-state index contributed by atoms with van der Waals surface area (Å²) in [5.41, 5.74) is 6.74. The fourth-order valence-electron chi connectivity index (χ4n) is 4.24. The van der Waals surface area contributed by atoms with Gasteiger partial charge in [0.05, 0.1) is 18.9 Å². The van der Waals surface area contributed by atoms with Crippen molar-refractivity contribution in [2.75, 3.05) is 7.11 Å². The van der Waals surface area contributed by atoms with Gasteiger partial charge in [-0.3, -0.25) is 4.79 Å². The predicted molar refractivity (Wildman–Crippen MR) is 148 cm³/mol. The van der Waals surface area contributed by atoms with E-state index in [0.29, 0.717) is 33.3 Å². The summed E-state index contributed by atoms with van der Waals surface area (Å²) in [6, 6.07) is 25.6. The lowest BCUT2D eigenvalue weighted by molar-refractivity contribution is 0.0729. The number of fused-ring (bicyclic) bond motifs is 1. The minimum absolute atomic E-state index is 0.253. The lowest BCUT2D eigenvalue weighted by Crippen LogP contribution is -2.18. The molecule has 1 heterocycles. The Bertz CT molecular complexity index is 1710. The van der Waals surface area contributed by atoms with E-state index in [1.165, 1.54) is 25.5 Å². The summed E-state index contributed by atoms with van der Waals surface area (Å²) in [6.45, 7) is 1.89. The molecule has 0 radical (unpaired) electrons. The molecule has 0 aliphatic heterocycles. The number of nitrogens with one attached hydrogen (secondary N) is 2. The molecule has 0 saturated carbocycles. The van der Waals surface area contributed by atoms with Gasteiger partial charge >= 0.3 is 5.97 Å². The highest BCUT2D eigenvalue weighted by Crippen LogP contribution is 2.33. The second-order valence-corrected chi connectivity index (χ2v) is 8.80. The van der Waals surface area contributed by atoms with Crippen molar-refractivity contribution in [3.63, 3.8) is 0 Å². The Labute approximate surface area is 223 Å². The molecular weight excluding hydrogens is 497 g/mol. The first kappa shape index (κ1) is 25.4. The van der Waals surface area contributed by atoms with Gasteiger partial charge < -0.3 is 14.5 Å². The molecule has 0 fully saturated rings. The number of H-pyrrole nitrogens is 1. The van der Waals surface area contributed by atoms with Crippen LogP contribution in [0.4, 0.5) is 4.39 Å². The fraction of sp³-hybridized carbons (Fsp3) is 0.0645. The third-order valence-corrected chi connectivity index (χ3v) is 6.07. The van der Waals surface area contributed by atoms with Gasteiger partial charge in [-0.1, -0.05) is 48.0 Å². The molecular formula is C31H24FN3O4. The highest BCUT2D eigenvalue weighted by molar-refractivity contribution is 6.09. The number of hydrazone groups is 1. The van der Waals surface area contributed by atoms with E-state index >= 15 is 0 Å². The monoisotopic (exact) mass is 521 g/mol. The van der Waals surface area contributed by atoms with Gasteiger partial charge in [0.2, 0.25) is 0 Å². The average molecular weight is 522 g/mol. The fourth-order valence-corrected chi connectivity index (χ4v) is 4.24. The standard InChI is InChI=1S/C31H24FN3O4/c1-19-7-6-10-22(15-19)31(37)39-26-14-11-20(16-27(26)38-2)18-33-35-30(36)29-28(21-8-4-3-5-9-21)24-17-23(32)12-13-25(24)34-29/h3-18,34H,1-2H3,(H,35,36). The third kappa shape index (κ3) is 5.55. The van der Waals surface area contributed by atoms with Crippen LogP contribution in [0.15, 0.2) is 96.1 Å². The molecule has 1 aromatic heterocycles. The molecule has 4 aromatic carbocycles. The number of rotatable bonds is 7. The van der Waals surface area contributed by atoms with E-state index in [0.717, 1.165) is 11.1 Å². The van der Waals surface area contributed by atoms with Crippen molar-refractivity contribution in [1.29, 1.82) is 0 Å². The smallest absolute Gasteiger partial charge is 0.343 e. The van der Waals surface area contributed by atoms with Crippen LogP contribution < -0.4 is 14.9 Å². The number of aryl methyl sites for hydroxylation is 1. The molecule has 0 unspecified atom stereocenters. The second kappa shape index (κ2) is 11.0. The number of hydrogen-bond donors (Lipinski definition) is 2. The number of esters is 1. The quantitative estimate of drug-likeness (QED) is 0.114. The summed E-state index contributed by atoms with van der Waals surface area (Å²) in [6.07, 6.45) is 1.44. The Hall–Kier alpha value is -5.24. The third-order valence-electron chi connectivity index (χ3n) is 6.07. The molecule has 0 aliphatic carbocycles. The minimum Gasteiger partial charge on any atom is -0.493 e. The van der Waals surface area contributed by atoms with Crippen molar-refractivity contribution in [1.82, 2.24) is 10.4 Å². The van der Waals surface area contributed by atoms with Gasteiger partial charge in [0.15, 0.2) is 11.5 Å². The van der Waals surface area contributed by atoms with Crippen LogP contribution in [0.3, 0.4) is 0 Å². The first-order chi connectivity index (χ1) is 18.9. The predicted octanol–water partition coefficient (Wildman–Crippen LogP) is 6.27. The van der Waals surface area contributed by atoms with Gasteiger partial charge in [-0.25, -0.2) is 14.6 Å². The highest BCUT2D eigenvalue weighted by atomic mass is 19.1. The second-order valence-electron chi connectivity index (χ2n) is 8.80. The summed E-state index contributed by atoms with van der Waals surface area (Å²) in [5.74, 6) is -0.806. The van der Waals surface area contributed by atoms with Crippen LogP contribution in [0.5, 0.6) is 11.5 Å². The summed E-state index contributed by atoms with van der Waals surface area (Å²) in [4.78, 5) is 28.7. The molecule has 0 aliphatic rings. The molecule has 39 heavy (non-hydrogen) atoms. The number of benzene rings is 4. The van der Waals surface area contributed by atoms with Crippen LogP contribution in [0.2, 0.25) is 0 Å². The van der Waals surface area contributed by atoms with E-state index in [-0.39, 0.29) is 11.4 Å². The van der Waals surface area contributed by atoms with Crippen molar-refractivity contribution in [2.24, 2.45) is 5.10 Å². The lowest BCUT2D eigenvalue weighted by atomic mass is 10.0. The van der Waals surface area contributed by atoms with E-state index in [4.69, 9.17) is 9.47 Å². The van der Waals surface area contributed by atoms with E-state index in [1.54, 1.807) is 42.5 Å². The molecule has 194 valence electrons. The van der Waals surface area contributed by atoms with Crippen molar-refractivity contribution in [3.8, 4) is 22.6 Å². The van der Waals surface area contributed by atoms with Gasteiger partial charge in [0.1, 0.15) is 11.5 Å². The van der Waals surface area contributed by atoms with Crippen LogP contribution in [0.25, 0.3) is 22.0 Å². The zero-order valence-corrected chi connectivity index (χ0v) is 21.2. The van der Waals surface area contributed by atoms with Crippen molar-refractivity contribution in [2.45, 2.75) is 6.92 Å². The van der Waals surface area contributed by atoms with Crippen LogP contribution in [0.1, 0.15) is 32.0 Å². The number of carbonyl (C=O) groups excluding carboxylic acids is 2. The van der Waals surface area contributed by atoms with Gasteiger partial charge in [-0.15, -0.1) is 0 Å². The Morgan fingerprint density at radius 1 is 0.923 bits per heavy atom. The number of methoxy groups -OCH3 is 1. The van der Waals surface area contributed by atoms with Crippen molar-refractivity contribution < 1.29 is 23.5 Å². The zero-order valence-electron chi connectivity index (χ0n) is 21.2. The molecule has 2 N–H and O–H groups in total. The summed E-state index contributed by atoms with van der Waals surface area (Å²) >= 11 is 0. The minimum atomic E-state index is -0.502. The van der Waals surface area contributed by atoms with E-state index < -0.39 is 17.7 Å². The van der Waals surface area contributed by atoms with Crippen molar-refractivity contribution in [3.05, 3.63) is 119 Å². The Morgan fingerprint density at radius 2 is 1.74 bits per heavy atom. The lowest BCUT2D eigenvalue weighted by Gasteiger charge is -2.10. The molecule has 1 amide bonds. The first-order valence-electron chi connectivity index (χ1n) is 12.1. The largest absolute Gasteiger partial charge is 0.493 e. The number of halogens is 1. The normalized spacial score (nSPS) is 11.1. The maximum atomic E-state index is 14.0. The van der Waals surface area contributed by atoms with E-state index in [9.17, 15) is 14.0 Å². The Kier molecular flexibility index (Phi) is 7.18. The average Bonchev–Trinajstić information content (AvgIpc) is 3.33. The zero-order chi connectivity index (χ0) is 27.4. The Morgan fingerprint density at radius 3 is 2.51 bits per heavy atom. The first-order valence-corrected chi connectivity index (χ1v) is 12.1. The maximum Gasteiger partial charge on any atom is 0.343 e. The topological polar surface area (TPSA) is 92.8 Å². The van der Waals surface area contributed by atoms with Gasteiger partial charge in [-0.2, -0.15) is 5.10 Å². The van der Waals surface area contributed by atoms with Gasteiger partial charge in [0, 0.05) is 16.5 Å². The van der Waals surface area contributed by atoms with E-state index in [2.05, 4.69) is 15.5 Å². The summed E-state index contributed by atoms with van der Waals surface area (Å²) < 4.78 is 24.9. The number of aromatic amines is 1. The molecule has 0 bridgehead atoms. The number of hydrogen-bond acceptors (Lipinski definition) is 5. The summed E-state index contributed by atoms with van der Waals surface area (Å²) in [7, 11) is 1.46. The van der Waals surface area contributed by atoms with E-state index in [1.807, 2.05) is 43.3 Å². The van der Waals surface area contributed by atoms with Crippen molar-refractivity contribution >= 4 is 29.0 Å². The number of carbonyl (C=O) groups is 2. The number of amides is 1. The van der Waals surface area contributed by atoms with Gasteiger partial charge in [0.25, 0.3) is 5.91 Å². The SMILES string of the molecule is COc1cc(C=NNC(=O)c2[nH]c3ccc(F)cc3c2-c2ccccc2)ccc1OC(=O)c1cccc(C)c1. The molecule has 7 nitrogen and oxygen atoms in total. The summed E-state index contributed by atoms with van der Waals surface area (Å²) in [5, 5.41) is 4.68. The van der Waals surface area contributed by atoms with Crippen LogP contribution in [0, 0.1) is 12.7 Å². The molecule has 0 spiro atoms. The van der Waals surface area contributed by atoms with Crippen LogP contribution in [-0.4, -0.2) is 30.2 Å². The van der Waals surface area contributed by atoms with Gasteiger partial charge in [-0.05, 0) is 66.6 Å². The highest BCUT2D eigenvalue weighted by Gasteiger charge is 2.19. The molecule has 8 heteroatoms. The van der Waals surface area contributed by atoms with Crippen LogP contribution >= 0.6 is 0 Å². The number of nitrogens with zero attached hydrogens (tertiary/aromatic N) is 1. The Balaban J connectivity index is 1.35. The molecule has 5 rings (SSSR count). The molecule has 5 aromatic rings. The molecule has 0 saturated heterocycles.